The van der Waals surface area contributed by atoms with E-state index in [-0.39, 0.29) is 12.5 Å². The molecule has 1 aliphatic rings. The molecule has 0 atom stereocenters. The number of amides is 1. The second-order valence-electron chi connectivity index (χ2n) is 5.01. The third-order valence-corrected chi connectivity index (χ3v) is 3.43. The molecule has 0 aliphatic carbocycles. The van der Waals surface area contributed by atoms with E-state index in [4.69, 9.17) is 4.74 Å². The molecule has 0 aromatic heterocycles. The van der Waals surface area contributed by atoms with Crippen molar-refractivity contribution in [2.24, 2.45) is 0 Å². The van der Waals surface area contributed by atoms with Gasteiger partial charge in [0.2, 0.25) is 5.91 Å². The van der Waals surface area contributed by atoms with Crippen LogP contribution in [0.15, 0.2) is 48.5 Å². The molecule has 5 nitrogen and oxygen atoms in total. The molecular weight excluding hydrogens is 280 g/mol. The van der Waals surface area contributed by atoms with Crippen molar-refractivity contribution >= 4 is 23.3 Å². The van der Waals surface area contributed by atoms with Crippen LogP contribution in [0.25, 0.3) is 0 Å². The van der Waals surface area contributed by atoms with Crippen LogP contribution in [0.3, 0.4) is 0 Å². The molecule has 3 rings (SSSR count). The van der Waals surface area contributed by atoms with Crippen molar-refractivity contribution in [3.05, 3.63) is 59.7 Å². The first-order chi connectivity index (χ1) is 10.7. The Bertz CT molecular complexity index is 698. The Morgan fingerprint density at radius 2 is 1.91 bits per heavy atom. The predicted molar refractivity (Wildman–Crippen MR) is 83.7 cm³/mol. The summed E-state index contributed by atoms with van der Waals surface area (Å²) in [6.45, 7) is 0.706. The molecule has 1 amide bonds. The number of benzene rings is 2. The molecule has 0 saturated heterocycles. The van der Waals surface area contributed by atoms with Crippen molar-refractivity contribution in [2.45, 2.75) is 13.0 Å². The summed E-state index contributed by atoms with van der Waals surface area (Å²) in [5.74, 6) is -0.481. The molecule has 112 valence electrons. The van der Waals surface area contributed by atoms with Gasteiger partial charge in [0.05, 0.1) is 16.9 Å². The largest absolute Gasteiger partial charge is 0.457 e. The van der Waals surface area contributed by atoms with Gasteiger partial charge >= 0.3 is 5.97 Å². The average molecular weight is 296 g/mol. The lowest BCUT2D eigenvalue weighted by molar-refractivity contribution is -0.115. The van der Waals surface area contributed by atoms with Crippen molar-refractivity contribution in [2.75, 3.05) is 17.2 Å². The van der Waals surface area contributed by atoms with E-state index in [0.29, 0.717) is 29.9 Å². The maximum atomic E-state index is 12.3. The highest BCUT2D eigenvalue weighted by atomic mass is 16.5. The zero-order valence-electron chi connectivity index (χ0n) is 12.0. The van der Waals surface area contributed by atoms with Crippen LogP contribution in [0.1, 0.15) is 22.3 Å². The van der Waals surface area contributed by atoms with E-state index in [9.17, 15) is 9.59 Å². The van der Waals surface area contributed by atoms with Gasteiger partial charge in [-0.3, -0.25) is 4.79 Å². The lowest BCUT2D eigenvalue weighted by Gasteiger charge is -2.13. The summed E-state index contributed by atoms with van der Waals surface area (Å²) in [5, 5.41) is 5.90. The van der Waals surface area contributed by atoms with Gasteiger partial charge in [0, 0.05) is 13.0 Å². The number of para-hydroxylation sites is 1. The SMILES string of the molecule is O=C1CCNc2c(cccc2C(=O)OCc2ccccc2)N1. The van der Waals surface area contributed by atoms with Crippen LogP contribution in [0.4, 0.5) is 11.4 Å². The number of nitrogens with one attached hydrogen (secondary N) is 2. The monoisotopic (exact) mass is 296 g/mol. The van der Waals surface area contributed by atoms with E-state index in [1.807, 2.05) is 30.3 Å². The number of esters is 1. The molecular formula is C17H16N2O3. The Hall–Kier alpha value is -2.82. The third kappa shape index (κ3) is 3.09. The van der Waals surface area contributed by atoms with E-state index in [0.717, 1.165) is 5.56 Å². The molecule has 2 N–H and O–H groups in total. The van der Waals surface area contributed by atoms with Crippen LogP contribution in [0.2, 0.25) is 0 Å². The maximum Gasteiger partial charge on any atom is 0.340 e. The summed E-state index contributed by atoms with van der Waals surface area (Å²) < 4.78 is 5.36. The smallest absolute Gasteiger partial charge is 0.340 e. The number of carbonyl (C=O) groups is 2. The van der Waals surface area contributed by atoms with Gasteiger partial charge in [-0.05, 0) is 17.7 Å². The first-order valence-electron chi connectivity index (χ1n) is 7.12. The first kappa shape index (κ1) is 14.1. The predicted octanol–water partition coefficient (Wildman–Crippen LogP) is 2.80. The Morgan fingerprint density at radius 3 is 2.73 bits per heavy atom. The van der Waals surface area contributed by atoms with Crippen LogP contribution < -0.4 is 10.6 Å². The molecule has 0 bridgehead atoms. The van der Waals surface area contributed by atoms with Gasteiger partial charge in [-0.1, -0.05) is 36.4 Å². The quantitative estimate of drug-likeness (QED) is 0.855. The molecule has 2 aromatic carbocycles. The van der Waals surface area contributed by atoms with Gasteiger partial charge in [0.25, 0.3) is 0 Å². The molecule has 1 aliphatic heterocycles. The fourth-order valence-corrected chi connectivity index (χ4v) is 2.33. The number of carbonyl (C=O) groups excluding carboxylic acids is 2. The number of anilines is 2. The summed E-state index contributed by atoms with van der Waals surface area (Å²) in [4.78, 5) is 23.9. The van der Waals surface area contributed by atoms with Crippen LogP contribution in [-0.2, 0) is 16.1 Å². The second-order valence-corrected chi connectivity index (χ2v) is 5.01. The van der Waals surface area contributed by atoms with Gasteiger partial charge in [0.15, 0.2) is 0 Å². The zero-order valence-corrected chi connectivity index (χ0v) is 12.0. The zero-order chi connectivity index (χ0) is 15.4. The molecule has 0 radical (unpaired) electrons. The van der Waals surface area contributed by atoms with E-state index in [2.05, 4.69) is 10.6 Å². The van der Waals surface area contributed by atoms with Crippen molar-refractivity contribution in [3.63, 3.8) is 0 Å². The summed E-state index contributed by atoms with van der Waals surface area (Å²) >= 11 is 0. The highest BCUT2D eigenvalue weighted by Gasteiger charge is 2.19. The third-order valence-electron chi connectivity index (χ3n) is 3.43. The first-order valence-corrected chi connectivity index (χ1v) is 7.12. The molecule has 5 heteroatoms. The van der Waals surface area contributed by atoms with Crippen LogP contribution in [0, 0.1) is 0 Å². The fourth-order valence-electron chi connectivity index (χ4n) is 2.33. The molecule has 2 aromatic rings. The number of rotatable bonds is 3. The Labute approximate surface area is 128 Å². The minimum absolute atomic E-state index is 0.0685. The normalized spacial score (nSPS) is 13.4. The number of hydrogen-bond donors (Lipinski definition) is 2. The molecule has 0 fully saturated rings. The molecule has 0 saturated carbocycles. The van der Waals surface area contributed by atoms with Crippen molar-refractivity contribution in [1.29, 1.82) is 0 Å². The topological polar surface area (TPSA) is 67.4 Å². The van der Waals surface area contributed by atoms with E-state index < -0.39 is 5.97 Å². The fraction of sp³-hybridized carbons (Fsp3) is 0.176. The van der Waals surface area contributed by atoms with Crippen molar-refractivity contribution in [3.8, 4) is 0 Å². The summed E-state index contributed by atoms with van der Waals surface area (Å²) in [6, 6.07) is 14.7. The molecule has 1 heterocycles. The van der Waals surface area contributed by atoms with Gasteiger partial charge < -0.3 is 15.4 Å². The highest BCUT2D eigenvalue weighted by molar-refractivity contribution is 6.04. The number of fused-ring (bicyclic) bond motifs is 1. The van der Waals surface area contributed by atoms with Crippen LogP contribution in [0.5, 0.6) is 0 Å². The Morgan fingerprint density at radius 1 is 1.09 bits per heavy atom. The van der Waals surface area contributed by atoms with E-state index in [1.54, 1.807) is 18.2 Å². The number of ether oxygens (including phenoxy) is 1. The van der Waals surface area contributed by atoms with Crippen molar-refractivity contribution < 1.29 is 14.3 Å². The van der Waals surface area contributed by atoms with Crippen LogP contribution >= 0.6 is 0 Å². The Kier molecular flexibility index (Phi) is 4.05. The standard InChI is InChI=1S/C17H16N2O3/c20-15-9-10-18-16-13(7-4-8-14(16)19-15)17(21)22-11-12-5-2-1-3-6-12/h1-8,18H,9-11H2,(H,19,20). The van der Waals surface area contributed by atoms with Crippen molar-refractivity contribution in [1.82, 2.24) is 0 Å². The van der Waals surface area contributed by atoms with Gasteiger partial charge in [0.1, 0.15) is 6.61 Å². The van der Waals surface area contributed by atoms with E-state index >= 15 is 0 Å². The lowest BCUT2D eigenvalue weighted by atomic mass is 10.1. The Balaban J connectivity index is 1.78. The van der Waals surface area contributed by atoms with Gasteiger partial charge in [-0.15, -0.1) is 0 Å². The highest BCUT2D eigenvalue weighted by Crippen LogP contribution is 2.29. The van der Waals surface area contributed by atoms with Gasteiger partial charge in [-0.2, -0.15) is 0 Å². The minimum atomic E-state index is -0.413. The molecule has 0 unspecified atom stereocenters. The maximum absolute atomic E-state index is 12.3. The van der Waals surface area contributed by atoms with Crippen LogP contribution in [-0.4, -0.2) is 18.4 Å². The lowest BCUT2D eigenvalue weighted by Crippen LogP contribution is -2.10. The van der Waals surface area contributed by atoms with Gasteiger partial charge in [-0.25, -0.2) is 4.79 Å². The summed E-state index contributed by atoms with van der Waals surface area (Å²) in [5.41, 5.74) is 2.58. The summed E-state index contributed by atoms with van der Waals surface area (Å²) in [7, 11) is 0. The summed E-state index contributed by atoms with van der Waals surface area (Å²) in [6.07, 6.45) is 0.368. The molecule has 0 spiro atoms. The number of hydrogen-bond acceptors (Lipinski definition) is 4. The second kappa shape index (κ2) is 6.30. The average Bonchev–Trinajstić information content (AvgIpc) is 2.74. The van der Waals surface area contributed by atoms with E-state index in [1.165, 1.54) is 0 Å². The minimum Gasteiger partial charge on any atom is -0.457 e. The molecule has 22 heavy (non-hydrogen) atoms.